The van der Waals surface area contributed by atoms with E-state index >= 15 is 0 Å². The summed E-state index contributed by atoms with van der Waals surface area (Å²) in [6.07, 6.45) is 3.47. The average molecular weight is 149 g/mol. The third-order valence-corrected chi connectivity index (χ3v) is 0.943. The highest BCUT2D eigenvalue weighted by Crippen LogP contribution is 1.94. The third-order valence-electron chi connectivity index (χ3n) is 0.943. The zero-order valence-electron chi connectivity index (χ0n) is 6.54. The van der Waals surface area contributed by atoms with Crippen molar-refractivity contribution in [3.63, 3.8) is 0 Å². The molecule has 0 fully saturated rings. The zero-order valence-corrected chi connectivity index (χ0v) is 6.54. The van der Waals surface area contributed by atoms with Crippen molar-refractivity contribution in [3.05, 3.63) is 24.0 Å². The summed E-state index contributed by atoms with van der Waals surface area (Å²) in [7, 11) is 0. The van der Waals surface area contributed by atoms with Gasteiger partial charge in [-0.25, -0.2) is 4.99 Å². The molecule has 0 rings (SSSR count). The smallest absolute Gasteiger partial charge is 0.155 e. The number of hydrogen-bond donors (Lipinski definition) is 1. The number of allylic oxidation sites excluding steroid dienone is 2. The molecule has 3 nitrogen and oxygen atoms in total. The first-order chi connectivity index (χ1) is 5.20. The van der Waals surface area contributed by atoms with Crippen LogP contribution in [-0.4, -0.2) is 6.21 Å². The molecule has 0 bridgehead atoms. The molecule has 58 valence electrons. The van der Waals surface area contributed by atoms with E-state index in [0.717, 1.165) is 5.57 Å². The lowest BCUT2D eigenvalue weighted by Gasteiger charge is -1.88. The molecule has 0 saturated heterocycles. The minimum absolute atomic E-state index is 0.228. The Kier molecular flexibility index (Phi) is 4.50. The Bertz CT molecular complexity index is 230. The molecule has 0 heterocycles. The third kappa shape index (κ3) is 4.91. The van der Waals surface area contributed by atoms with Crippen LogP contribution in [0.2, 0.25) is 0 Å². The monoisotopic (exact) mass is 149 g/mol. The summed E-state index contributed by atoms with van der Waals surface area (Å²) in [5.41, 5.74) is 6.31. The SMILES string of the molecule is C=C(C)CC=N/C(C#N)=C\N. The Morgan fingerprint density at radius 2 is 2.45 bits per heavy atom. The maximum Gasteiger partial charge on any atom is 0.155 e. The van der Waals surface area contributed by atoms with Crippen molar-refractivity contribution < 1.29 is 0 Å². The molecule has 0 aliphatic heterocycles. The molecule has 0 amide bonds. The van der Waals surface area contributed by atoms with Crippen molar-refractivity contribution >= 4 is 6.21 Å². The van der Waals surface area contributed by atoms with E-state index in [4.69, 9.17) is 11.0 Å². The van der Waals surface area contributed by atoms with Crippen LogP contribution in [0.25, 0.3) is 0 Å². The maximum absolute atomic E-state index is 8.36. The maximum atomic E-state index is 8.36. The van der Waals surface area contributed by atoms with Gasteiger partial charge < -0.3 is 5.73 Å². The minimum atomic E-state index is 0.228. The standard InChI is InChI=1S/C8H11N3/c1-7(2)3-4-11-8(5-9)6-10/h4-5H,1,3,9H2,2H3/b8-5-,11-4?. The molecular weight excluding hydrogens is 138 g/mol. The van der Waals surface area contributed by atoms with Crippen molar-refractivity contribution in [2.75, 3.05) is 0 Å². The van der Waals surface area contributed by atoms with Crippen LogP contribution < -0.4 is 5.73 Å². The summed E-state index contributed by atoms with van der Waals surface area (Å²) in [5, 5.41) is 8.36. The molecule has 0 spiro atoms. The van der Waals surface area contributed by atoms with Crippen molar-refractivity contribution in [1.29, 1.82) is 5.26 Å². The molecular formula is C8H11N3. The van der Waals surface area contributed by atoms with Gasteiger partial charge in [0.2, 0.25) is 0 Å². The predicted octanol–water partition coefficient (Wildman–Crippen LogP) is 1.35. The van der Waals surface area contributed by atoms with Crippen LogP contribution in [0.4, 0.5) is 0 Å². The second-order valence-electron chi connectivity index (χ2n) is 2.14. The van der Waals surface area contributed by atoms with Gasteiger partial charge in [0.25, 0.3) is 0 Å². The summed E-state index contributed by atoms with van der Waals surface area (Å²) in [5.74, 6) is 0. The molecule has 0 atom stereocenters. The van der Waals surface area contributed by atoms with Crippen molar-refractivity contribution in [3.8, 4) is 6.07 Å². The summed E-state index contributed by atoms with van der Waals surface area (Å²) < 4.78 is 0. The van der Waals surface area contributed by atoms with Crippen LogP contribution in [-0.2, 0) is 0 Å². The molecule has 3 heteroatoms. The van der Waals surface area contributed by atoms with Crippen molar-refractivity contribution in [1.82, 2.24) is 0 Å². The fourth-order valence-corrected chi connectivity index (χ4v) is 0.409. The fourth-order valence-electron chi connectivity index (χ4n) is 0.409. The first kappa shape index (κ1) is 9.44. The lowest BCUT2D eigenvalue weighted by Crippen LogP contribution is -1.84. The van der Waals surface area contributed by atoms with Gasteiger partial charge in [0.1, 0.15) is 6.07 Å². The number of nitriles is 1. The van der Waals surface area contributed by atoms with E-state index in [2.05, 4.69) is 11.6 Å². The van der Waals surface area contributed by atoms with Crippen molar-refractivity contribution in [2.45, 2.75) is 13.3 Å². The van der Waals surface area contributed by atoms with Gasteiger partial charge in [0.15, 0.2) is 5.70 Å². The Morgan fingerprint density at radius 1 is 1.82 bits per heavy atom. The Balaban J connectivity index is 3.94. The van der Waals surface area contributed by atoms with E-state index in [0.29, 0.717) is 6.42 Å². The molecule has 2 N–H and O–H groups in total. The van der Waals surface area contributed by atoms with Crippen LogP contribution in [0, 0.1) is 11.3 Å². The minimum Gasteiger partial charge on any atom is -0.402 e. The normalized spacial score (nSPS) is 11.5. The van der Waals surface area contributed by atoms with Gasteiger partial charge in [-0.2, -0.15) is 5.26 Å². The highest BCUT2D eigenvalue weighted by Gasteiger charge is 1.85. The molecule has 0 aromatic heterocycles. The topological polar surface area (TPSA) is 62.2 Å². The van der Waals surface area contributed by atoms with Gasteiger partial charge in [-0.1, -0.05) is 12.2 Å². The van der Waals surface area contributed by atoms with Crippen LogP contribution in [0.3, 0.4) is 0 Å². The van der Waals surface area contributed by atoms with Crippen LogP contribution in [0.1, 0.15) is 13.3 Å². The quantitative estimate of drug-likeness (QED) is 0.374. The van der Waals surface area contributed by atoms with Crippen LogP contribution >= 0.6 is 0 Å². The van der Waals surface area contributed by atoms with E-state index < -0.39 is 0 Å². The number of nitrogens with two attached hydrogens (primary N) is 1. The second-order valence-corrected chi connectivity index (χ2v) is 2.14. The molecule has 0 unspecified atom stereocenters. The molecule has 0 aliphatic rings. The highest BCUT2D eigenvalue weighted by atomic mass is 14.7. The van der Waals surface area contributed by atoms with E-state index in [9.17, 15) is 0 Å². The van der Waals surface area contributed by atoms with E-state index in [1.807, 2.05) is 13.0 Å². The average Bonchev–Trinajstić information content (AvgIpc) is 1.98. The number of rotatable bonds is 3. The largest absolute Gasteiger partial charge is 0.402 e. The van der Waals surface area contributed by atoms with Gasteiger partial charge in [-0.15, -0.1) is 0 Å². The molecule has 0 radical (unpaired) electrons. The number of nitrogens with zero attached hydrogens (tertiary/aromatic N) is 2. The van der Waals surface area contributed by atoms with Gasteiger partial charge in [0, 0.05) is 18.8 Å². The summed E-state index contributed by atoms with van der Waals surface area (Å²) in [4.78, 5) is 3.79. The Hall–Kier alpha value is -1.56. The second kappa shape index (κ2) is 5.24. The Morgan fingerprint density at radius 3 is 2.82 bits per heavy atom. The lowest BCUT2D eigenvalue weighted by atomic mass is 10.3. The molecule has 0 aliphatic carbocycles. The zero-order chi connectivity index (χ0) is 8.69. The van der Waals surface area contributed by atoms with Crippen molar-refractivity contribution in [2.24, 2.45) is 10.7 Å². The summed E-state index contributed by atoms with van der Waals surface area (Å²) in [6, 6.07) is 1.83. The summed E-state index contributed by atoms with van der Waals surface area (Å²) in [6.45, 7) is 5.57. The lowest BCUT2D eigenvalue weighted by molar-refractivity contribution is 1.27. The molecule has 0 saturated carbocycles. The van der Waals surface area contributed by atoms with Gasteiger partial charge in [-0.05, 0) is 6.92 Å². The van der Waals surface area contributed by atoms with E-state index in [-0.39, 0.29) is 5.70 Å². The van der Waals surface area contributed by atoms with Gasteiger partial charge in [-0.3, -0.25) is 0 Å². The van der Waals surface area contributed by atoms with Crippen LogP contribution in [0.5, 0.6) is 0 Å². The summed E-state index contributed by atoms with van der Waals surface area (Å²) >= 11 is 0. The molecule has 0 aromatic rings. The number of hydrogen-bond acceptors (Lipinski definition) is 3. The number of aliphatic imine (C=N–C) groups is 1. The van der Waals surface area contributed by atoms with Gasteiger partial charge in [0.05, 0.1) is 0 Å². The molecule has 11 heavy (non-hydrogen) atoms. The van der Waals surface area contributed by atoms with Gasteiger partial charge >= 0.3 is 0 Å². The van der Waals surface area contributed by atoms with E-state index in [1.54, 1.807) is 6.21 Å². The van der Waals surface area contributed by atoms with Crippen LogP contribution in [0.15, 0.2) is 29.0 Å². The Labute approximate surface area is 66.5 Å². The molecule has 0 aromatic carbocycles. The first-order valence-electron chi connectivity index (χ1n) is 3.19. The fraction of sp³-hybridized carbons (Fsp3) is 0.250. The highest BCUT2D eigenvalue weighted by molar-refractivity contribution is 5.62. The predicted molar refractivity (Wildman–Crippen MR) is 45.8 cm³/mol. The first-order valence-corrected chi connectivity index (χ1v) is 3.19. The van der Waals surface area contributed by atoms with E-state index in [1.165, 1.54) is 6.20 Å².